The summed E-state index contributed by atoms with van der Waals surface area (Å²) in [6, 6.07) is 3.67. The van der Waals surface area contributed by atoms with Gasteiger partial charge in [-0.15, -0.1) is 0 Å². The van der Waals surface area contributed by atoms with Gasteiger partial charge in [0, 0.05) is 11.8 Å². The van der Waals surface area contributed by atoms with Gasteiger partial charge >= 0.3 is 11.9 Å². The Labute approximate surface area is 155 Å². The minimum atomic E-state index is -1.19. The van der Waals surface area contributed by atoms with Gasteiger partial charge in [-0.25, -0.2) is 14.0 Å². The van der Waals surface area contributed by atoms with E-state index in [0.717, 1.165) is 6.07 Å². The highest BCUT2D eigenvalue weighted by molar-refractivity contribution is 6.04. The molecule has 1 heterocycles. The average Bonchev–Trinajstić information content (AvgIpc) is 2.94. The maximum atomic E-state index is 14.0. The quantitative estimate of drug-likeness (QED) is 0.614. The molecular formula is C19H20FNO6. The van der Waals surface area contributed by atoms with Crippen LogP contribution in [0.15, 0.2) is 18.2 Å². The van der Waals surface area contributed by atoms with Gasteiger partial charge in [0.2, 0.25) is 5.78 Å². The van der Waals surface area contributed by atoms with Gasteiger partial charge in [-0.3, -0.25) is 4.79 Å². The first kappa shape index (κ1) is 20.2. The van der Waals surface area contributed by atoms with Gasteiger partial charge in [0.15, 0.2) is 6.10 Å². The number of rotatable bonds is 6. The van der Waals surface area contributed by atoms with Crippen molar-refractivity contribution in [3.63, 3.8) is 0 Å². The molecule has 27 heavy (non-hydrogen) atoms. The van der Waals surface area contributed by atoms with Gasteiger partial charge < -0.3 is 19.2 Å². The lowest BCUT2D eigenvalue weighted by Gasteiger charge is -2.13. The number of hydrogen-bond acceptors (Lipinski definition) is 6. The normalized spacial score (nSPS) is 11.6. The second kappa shape index (κ2) is 8.03. The van der Waals surface area contributed by atoms with E-state index in [1.165, 1.54) is 33.3 Å². The van der Waals surface area contributed by atoms with E-state index in [4.69, 9.17) is 14.2 Å². The number of aromatic nitrogens is 1. The topological polar surface area (TPSA) is 94.7 Å². The second-order valence-corrected chi connectivity index (χ2v) is 5.87. The minimum absolute atomic E-state index is 0.128. The number of carbonyl (C=O) groups excluding carboxylic acids is 3. The van der Waals surface area contributed by atoms with E-state index in [-0.39, 0.29) is 22.6 Å². The maximum absolute atomic E-state index is 14.0. The largest absolute Gasteiger partial charge is 0.497 e. The Balaban J connectivity index is 2.21. The highest BCUT2D eigenvalue weighted by Gasteiger charge is 2.28. The van der Waals surface area contributed by atoms with Crippen LogP contribution in [0.4, 0.5) is 4.39 Å². The van der Waals surface area contributed by atoms with Crippen molar-refractivity contribution in [2.75, 3.05) is 14.2 Å². The number of halogens is 1. The number of aromatic amines is 1. The number of Topliss-reactive ketones (excluding diaryl/α,β-unsaturated/α-hetero) is 1. The number of esters is 2. The summed E-state index contributed by atoms with van der Waals surface area (Å²) in [5.41, 5.74) is 0.916. The lowest BCUT2D eigenvalue weighted by Crippen LogP contribution is -2.25. The fourth-order valence-electron chi connectivity index (χ4n) is 2.67. The zero-order chi connectivity index (χ0) is 20.3. The van der Waals surface area contributed by atoms with Crippen LogP contribution in [0.5, 0.6) is 5.75 Å². The summed E-state index contributed by atoms with van der Waals surface area (Å²) in [7, 11) is 2.61. The summed E-state index contributed by atoms with van der Waals surface area (Å²) in [6.07, 6.45) is -1.19. The average molecular weight is 377 g/mol. The molecule has 1 N–H and O–H groups in total. The van der Waals surface area contributed by atoms with Gasteiger partial charge in [0.05, 0.1) is 31.0 Å². The van der Waals surface area contributed by atoms with Crippen molar-refractivity contribution in [3.05, 3.63) is 52.1 Å². The van der Waals surface area contributed by atoms with Crippen LogP contribution < -0.4 is 4.74 Å². The Hall–Kier alpha value is -3.16. The number of ketones is 1. The van der Waals surface area contributed by atoms with Crippen molar-refractivity contribution >= 4 is 17.7 Å². The Morgan fingerprint density at radius 2 is 1.78 bits per heavy atom. The molecule has 0 amide bonds. The first-order chi connectivity index (χ1) is 12.7. The molecule has 144 valence electrons. The lowest BCUT2D eigenvalue weighted by atomic mass is 10.1. The molecule has 7 nitrogen and oxygen atoms in total. The number of benzene rings is 1. The summed E-state index contributed by atoms with van der Waals surface area (Å²) in [6.45, 7) is 4.58. The predicted molar refractivity (Wildman–Crippen MR) is 93.8 cm³/mol. The van der Waals surface area contributed by atoms with Gasteiger partial charge in [0.1, 0.15) is 11.6 Å². The smallest absolute Gasteiger partial charge is 0.341 e. The molecule has 0 saturated heterocycles. The predicted octanol–water partition coefficient (Wildman–Crippen LogP) is 2.99. The van der Waals surface area contributed by atoms with E-state index < -0.39 is 29.6 Å². The molecular weight excluding hydrogens is 357 g/mol. The molecule has 0 unspecified atom stereocenters. The van der Waals surface area contributed by atoms with E-state index in [0.29, 0.717) is 11.3 Å². The summed E-state index contributed by atoms with van der Waals surface area (Å²) in [5.74, 6) is -2.68. The van der Waals surface area contributed by atoms with Crippen molar-refractivity contribution in [2.45, 2.75) is 26.9 Å². The Morgan fingerprint density at radius 3 is 2.33 bits per heavy atom. The molecule has 0 radical (unpaired) electrons. The molecule has 2 aromatic rings. The van der Waals surface area contributed by atoms with Gasteiger partial charge in [0.25, 0.3) is 0 Å². The van der Waals surface area contributed by atoms with E-state index in [9.17, 15) is 18.8 Å². The zero-order valence-corrected chi connectivity index (χ0v) is 15.6. The SMILES string of the molecule is COC(=O)c1c(C)[nH]c(C(=O)[C@H](C)OC(=O)c2ccc(OC)cc2F)c1C. The van der Waals surface area contributed by atoms with Crippen LogP contribution in [0.1, 0.15) is 49.4 Å². The molecule has 0 fully saturated rings. The van der Waals surface area contributed by atoms with Crippen LogP contribution in [-0.2, 0) is 9.47 Å². The molecule has 0 bridgehead atoms. The fraction of sp³-hybridized carbons (Fsp3) is 0.316. The number of carbonyl (C=O) groups is 3. The van der Waals surface area contributed by atoms with Crippen LogP contribution in [0.2, 0.25) is 0 Å². The van der Waals surface area contributed by atoms with E-state index in [1.807, 2.05) is 0 Å². The number of nitrogens with one attached hydrogen (secondary N) is 1. The number of H-pyrrole nitrogens is 1. The van der Waals surface area contributed by atoms with Crippen molar-refractivity contribution < 1.29 is 33.0 Å². The molecule has 0 aliphatic rings. The van der Waals surface area contributed by atoms with Crippen LogP contribution in [0, 0.1) is 19.7 Å². The molecule has 1 aromatic carbocycles. The van der Waals surface area contributed by atoms with Gasteiger partial charge in [-0.2, -0.15) is 0 Å². The van der Waals surface area contributed by atoms with E-state index in [2.05, 4.69) is 4.98 Å². The Morgan fingerprint density at radius 1 is 1.11 bits per heavy atom. The first-order valence-corrected chi connectivity index (χ1v) is 8.07. The standard InChI is InChI=1S/C19H20FNO6/c1-9-15(19(24)26-5)10(2)21-16(9)17(22)11(3)27-18(23)13-7-6-12(25-4)8-14(13)20/h6-8,11,21H,1-5H3/t11-/m0/s1. The van der Waals surface area contributed by atoms with Gasteiger partial charge in [-0.1, -0.05) is 0 Å². The van der Waals surface area contributed by atoms with Crippen LogP contribution in [0.25, 0.3) is 0 Å². The van der Waals surface area contributed by atoms with Crippen molar-refractivity contribution in [1.29, 1.82) is 0 Å². The molecule has 1 aromatic heterocycles. The first-order valence-electron chi connectivity index (χ1n) is 8.07. The van der Waals surface area contributed by atoms with Crippen LogP contribution in [-0.4, -0.2) is 43.0 Å². The third-order valence-electron chi connectivity index (χ3n) is 4.12. The fourth-order valence-corrected chi connectivity index (χ4v) is 2.67. The third kappa shape index (κ3) is 3.99. The second-order valence-electron chi connectivity index (χ2n) is 5.87. The van der Waals surface area contributed by atoms with Crippen LogP contribution >= 0.6 is 0 Å². The number of ether oxygens (including phenoxy) is 3. The lowest BCUT2D eigenvalue weighted by molar-refractivity contribution is 0.0312. The summed E-state index contributed by atoms with van der Waals surface area (Å²) >= 11 is 0. The van der Waals surface area contributed by atoms with E-state index in [1.54, 1.807) is 13.8 Å². The highest BCUT2D eigenvalue weighted by Crippen LogP contribution is 2.22. The molecule has 1 atom stereocenters. The molecule has 0 aliphatic heterocycles. The monoisotopic (exact) mass is 377 g/mol. The summed E-state index contributed by atoms with van der Waals surface area (Å²) < 4.78 is 28.7. The number of aryl methyl sites for hydroxylation is 1. The molecule has 0 saturated carbocycles. The highest BCUT2D eigenvalue weighted by atomic mass is 19.1. The van der Waals surface area contributed by atoms with Crippen molar-refractivity contribution in [2.24, 2.45) is 0 Å². The summed E-state index contributed by atoms with van der Waals surface area (Å²) in [5, 5.41) is 0. The number of methoxy groups -OCH3 is 2. The van der Waals surface area contributed by atoms with E-state index >= 15 is 0 Å². The zero-order valence-electron chi connectivity index (χ0n) is 15.6. The third-order valence-corrected chi connectivity index (χ3v) is 4.12. The molecule has 2 rings (SSSR count). The van der Waals surface area contributed by atoms with Crippen molar-refractivity contribution in [3.8, 4) is 5.75 Å². The molecule has 8 heteroatoms. The molecule has 0 spiro atoms. The minimum Gasteiger partial charge on any atom is -0.497 e. The summed E-state index contributed by atoms with van der Waals surface area (Å²) in [4.78, 5) is 39.4. The van der Waals surface area contributed by atoms with Crippen LogP contribution in [0.3, 0.4) is 0 Å². The molecule has 0 aliphatic carbocycles. The maximum Gasteiger partial charge on any atom is 0.341 e. The van der Waals surface area contributed by atoms with Crippen molar-refractivity contribution in [1.82, 2.24) is 4.98 Å². The number of hydrogen-bond donors (Lipinski definition) is 1. The Bertz CT molecular complexity index is 902. The Kier molecular flexibility index (Phi) is 5.99. The van der Waals surface area contributed by atoms with Gasteiger partial charge in [-0.05, 0) is 38.5 Å².